The number of hydrogen-bond donors (Lipinski definition) is 2. The third kappa shape index (κ3) is 4.27. The molecule has 10 nitrogen and oxygen atoms in total. The zero-order valence-electron chi connectivity index (χ0n) is 16.8. The molecule has 0 aliphatic heterocycles. The summed E-state index contributed by atoms with van der Waals surface area (Å²) in [6, 6.07) is 6.96. The molecule has 0 bridgehead atoms. The number of carbonyl (C=O) groups excluding carboxylic acids is 3. The van der Waals surface area contributed by atoms with Gasteiger partial charge >= 0.3 is 5.97 Å². The summed E-state index contributed by atoms with van der Waals surface area (Å²) in [5.41, 5.74) is 0.550. The van der Waals surface area contributed by atoms with Crippen LogP contribution in [0.3, 0.4) is 0 Å². The zero-order valence-corrected chi connectivity index (χ0v) is 16.8. The molecule has 0 atom stereocenters. The number of rotatable bonds is 6. The van der Waals surface area contributed by atoms with Crippen LogP contribution in [0.5, 0.6) is 0 Å². The molecule has 0 aliphatic carbocycles. The largest absolute Gasteiger partial charge is 0.464 e. The van der Waals surface area contributed by atoms with E-state index in [1.54, 1.807) is 34.9 Å². The number of aromatic nitrogens is 3. The van der Waals surface area contributed by atoms with Crippen LogP contribution in [-0.2, 0) is 19.1 Å². The minimum absolute atomic E-state index is 0.181. The maximum absolute atomic E-state index is 12.9. The number of amides is 2. The van der Waals surface area contributed by atoms with E-state index in [2.05, 4.69) is 33.5 Å². The van der Waals surface area contributed by atoms with Crippen molar-refractivity contribution in [2.45, 2.75) is 6.92 Å². The van der Waals surface area contributed by atoms with Gasteiger partial charge in [-0.25, -0.2) is 9.78 Å². The van der Waals surface area contributed by atoms with Gasteiger partial charge in [0.05, 0.1) is 13.3 Å². The van der Waals surface area contributed by atoms with Gasteiger partial charge in [0.15, 0.2) is 0 Å². The van der Waals surface area contributed by atoms with Gasteiger partial charge in [-0.05, 0) is 24.3 Å². The van der Waals surface area contributed by atoms with Crippen molar-refractivity contribution >= 4 is 34.7 Å². The lowest BCUT2D eigenvalue weighted by atomic mass is 10.2. The number of carbonyl (C=O) groups is 3. The molecule has 0 fully saturated rings. The zero-order chi connectivity index (χ0) is 22.7. The van der Waals surface area contributed by atoms with Crippen molar-refractivity contribution in [3.63, 3.8) is 0 Å². The van der Waals surface area contributed by atoms with Crippen LogP contribution >= 0.6 is 0 Å². The summed E-state index contributed by atoms with van der Waals surface area (Å²) < 4.78 is 7.08. The summed E-state index contributed by atoms with van der Waals surface area (Å²) in [7, 11) is 1.15. The second-order valence-corrected chi connectivity index (χ2v) is 6.44. The van der Waals surface area contributed by atoms with E-state index >= 15 is 0 Å². The second kappa shape index (κ2) is 8.49. The number of hydrogen-bond acceptors (Lipinski definition) is 6. The Morgan fingerprint density at radius 3 is 2.39 bits per heavy atom. The van der Waals surface area contributed by atoms with Crippen molar-refractivity contribution in [2.75, 3.05) is 12.4 Å². The molecule has 2 heterocycles. The molecule has 3 rings (SSSR count). The number of benzene rings is 1. The van der Waals surface area contributed by atoms with Crippen LogP contribution in [0, 0.1) is 0 Å². The number of imidazole rings is 1. The topological polar surface area (TPSA) is 124 Å². The Labute approximate surface area is 176 Å². The molecule has 0 spiro atoms. The maximum atomic E-state index is 12.9. The van der Waals surface area contributed by atoms with Gasteiger partial charge in [-0.3, -0.25) is 23.4 Å². The standard InChI is InChI=1S/C21H19N5O5/c1-12(21(30)31-4)23-19(28)13(2)25-9-10-26-17(20(25)29)11-22-18(26)15-5-7-16(8-6-15)24-14(3)27/h5-11H,1-2H2,3-4H3,(H,23,28)(H,24,27). The number of fused-ring (bicyclic) bond motifs is 1. The first-order valence-electron chi connectivity index (χ1n) is 8.97. The van der Waals surface area contributed by atoms with Gasteiger partial charge in [0.25, 0.3) is 11.5 Å². The summed E-state index contributed by atoms with van der Waals surface area (Å²) in [6.07, 6.45) is 4.32. The molecular weight excluding hydrogens is 402 g/mol. The maximum Gasteiger partial charge on any atom is 0.353 e. The van der Waals surface area contributed by atoms with Crippen molar-refractivity contribution in [3.05, 3.63) is 72.1 Å². The van der Waals surface area contributed by atoms with Crippen LogP contribution in [0.2, 0.25) is 0 Å². The summed E-state index contributed by atoms with van der Waals surface area (Å²) in [5, 5.41) is 4.91. The van der Waals surface area contributed by atoms with Crippen molar-refractivity contribution in [1.82, 2.24) is 19.3 Å². The van der Waals surface area contributed by atoms with Crippen molar-refractivity contribution in [3.8, 4) is 11.4 Å². The van der Waals surface area contributed by atoms with Crippen LogP contribution in [0.1, 0.15) is 6.92 Å². The highest BCUT2D eigenvalue weighted by Gasteiger charge is 2.18. The normalized spacial score (nSPS) is 10.4. The van der Waals surface area contributed by atoms with Crippen LogP contribution < -0.4 is 16.2 Å². The van der Waals surface area contributed by atoms with Crippen molar-refractivity contribution in [1.29, 1.82) is 0 Å². The van der Waals surface area contributed by atoms with E-state index < -0.39 is 17.4 Å². The summed E-state index contributed by atoms with van der Waals surface area (Å²) in [4.78, 5) is 52.0. The van der Waals surface area contributed by atoms with E-state index in [9.17, 15) is 19.2 Å². The smallest absolute Gasteiger partial charge is 0.353 e. The highest BCUT2D eigenvalue weighted by molar-refractivity contribution is 6.15. The molecule has 0 saturated carbocycles. The number of esters is 1. The van der Waals surface area contributed by atoms with Gasteiger partial charge in [-0.1, -0.05) is 13.2 Å². The lowest BCUT2D eigenvalue weighted by molar-refractivity contribution is -0.137. The molecule has 158 valence electrons. The molecule has 0 unspecified atom stereocenters. The van der Waals surface area contributed by atoms with E-state index in [1.165, 1.54) is 19.3 Å². The molecule has 1 aromatic carbocycles. The Balaban J connectivity index is 1.91. The van der Waals surface area contributed by atoms with Crippen molar-refractivity contribution in [2.24, 2.45) is 0 Å². The van der Waals surface area contributed by atoms with Gasteiger partial charge in [-0.15, -0.1) is 0 Å². The minimum Gasteiger partial charge on any atom is -0.464 e. The average Bonchev–Trinajstić information content (AvgIpc) is 3.18. The Bertz CT molecular complexity index is 1280. The van der Waals surface area contributed by atoms with E-state index in [1.807, 2.05) is 0 Å². The van der Waals surface area contributed by atoms with E-state index in [-0.39, 0.29) is 22.8 Å². The summed E-state index contributed by atoms with van der Waals surface area (Å²) in [5.74, 6) is -1.27. The number of ether oxygens (including phenoxy) is 1. The van der Waals surface area contributed by atoms with Crippen LogP contribution in [0.25, 0.3) is 22.6 Å². The fourth-order valence-electron chi connectivity index (χ4n) is 2.82. The summed E-state index contributed by atoms with van der Waals surface area (Å²) >= 11 is 0. The fraction of sp³-hybridized carbons (Fsp3) is 0.0952. The third-order valence-corrected chi connectivity index (χ3v) is 4.31. The second-order valence-electron chi connectivity index (χ2n) is 6.44. The first-order valence-corrected chi connectivity index (χ1v) is 8.97. The highest BCUT2D eigenvalue weighted by Crippen LogP contribution is 2.21. The van der Waals surface area contributed by atoms with Crippen LogP contribution in [0.15, 0.2) is 66.5 Å². The molecule has 3 aromatic rings. The third-order valence-electron chi connectivity index (χ3n) is 4.31. The number of nitrogens with zero attached hydrogens (tertiary/aromatic N) is 3. The van der Waals surface area contributed by atoms with E-state index in [0.717, 1.165) is 17.2 Å². The Hall–Kier alpha value is -4.47. The van der Waals surface area contributed by atoms with Gasteiger partial charge in [0.2, 0.25) is 5.91 Å². The van der Waals surface area contributed by atoms with E-state index in [4.69, 9.17) is 0 Å². The molecular formula is C21H19N5O5. The Morgan fingerprint density at radius 2 is 1.77 bits per heavy atom. The van der Waals surface area contributed by atoms with Gasteiger partial charge in [0, 0.05) is 30.6 Å². The first kappa shape index (κ1) is 21.2. The van der Waals surface area contributed by atoms with Gasteiger partial charge < -0.3 is 15.4 Å². The Morgan fingerprint density at radius 1 is 1.10 bits per heavy atom. The van der Waals surface area contributed by atoms with Gasteiger partial charge in [-0.2, -0.15) is 0 Å². The SMILES string of the molecule is C=C(NC(=O)C(=C)n1ccn2c(-c3ccc(NC(C)=O)cc3)ncc2c1=O)C(=O)OC. The molecule has 0 aliphatic rings. The van der Waals surface area contributed by atoms with Gasteiger partial charge in [0.1, 0.15) is 22.7 Å². The molecule has 2 amide bonds. The van der Waals surface area contributed by atoms with Crippen LogP contribution in [0.4, 0.5) is 5.69 Å². The first-order chi connectivity index (χ1) is 14.7. The number of methoxy groups -OCH3 is 1. The molecule has 10 heteroatoms. The Kier molecular flexibility index (Phi) is 5.82. The highest BCUT2D eigenvalue weighted by atomic mass is 16.5. The monoisotopic (exact) mass is 421 g/mol. The molecule has 2 N–H and O–H groups in total. The molecule has 2 aromatic heterocycles. The molecule has 31 heavy (non-hydrogen) atoms. The number of nitrogens with one attached hydrogen (secondary N) is 2. The number of anilines is 1. The van der Waals surface area contributed by atoms with Crippen LogP contribution in [-0.4, -0.2) is 38.8 Å². The lowest BCUT2D eigenvalue weighted by Gasteiger charge is -2.11. The predicted octanol–water partition coefficient (Wildman–Crippen LogP) is 1.39. The quantitative estimate of drug-likeness (QED) is 0.458. The average molecular weight is 421 g/mol. The van der Waals surface area contributed by atoms with E-state index in [0.29, 0.717) is 11.5 Å². The molecule has 0 radical (unpaired) electrons. The molecule has 0 saturated heterocycles. The minimum atomic E-state index is -0.811. The summed E-state index contributed by atoms with van der Waals surface area (Å²) in [6.45, 7) is 8.44. The lowest BCUT2D eigenvalue weighted by Crippen LogP contribution is -2.32. The fourth-order valence-corrected chi connectivity index (χ4v) is 2.82. The predicted molar refractivity (Wildman–Crippen MR) is 114 cm³/mol. The van der Waals surface area contributed by atoms with Crippen molar-refractivity contribution < 1.29 is 19.1 Å².